The highest BCUT2D eigenvalue weighted by Crippen LogP contribution is 2.33. The number of piperazine rings is 1. The van der Waals surface area contributed by atoms with Crippen molar-refractivity contribution in [2.24, 2.45) is 0 Å². The molecule has 2 aromatic rings. The Morgan fingerprint density at radius 1 is 1.08 bits per heavy atom. The molecule has 0 spiro atoms. The standard InChI is InChI=1S/C26H35FN6O3/c1-15(2)33-14-20-23(25(33)35)29-26(32-11-9-31(10-12-32)18(6)34)30-24(20)28-17(5)19-7-8-22(21(27)13-19)36-16(3)4/h7-8,13,15-17H,9-12,14H2,1-6H3,(H,28,29,30)/t17-/m1/s1. The zero-order valence-electron chi connectivity index (χ0n) is 21.8. The number of halogens is 1. The number of ether oxygens (including phenoxy) is 1. The van der Waals surface area contributed by atoms with Crippen molar-refractivity contribution in [1.82, 2.24) is 19.8 Å². The second-order valence-corrected chi connectivity index (χ2v) is 9.94. The van der Waals surface area contributed by atoms with Gasteiger partial charge in [0.15, 0.2) is 11.6 Å². The predicted molar refractivity (Wildman–Crippen MR) is 136 cm³/mol. The Bertz CT molecular complexity index is 1150. The summed E-state index contributed by atoms with van der Waals surface area (Å²) in [5.74, 6) is 0.735. The second kappa shape index (κ2) is 10.3. The van der Waals surface area contributed by atoms with Crippen LogP contribution in [0.4, 0.5) is 16.2 Å². The summed E-state index contributed by atoms with van der Waals surface area (Å²) >= 11 is 0. The van der Waals surface area contributed by atoms with E-state index < -0.39 is 5.82 Å². The normalized spacial score (nSPS) is 16.6. The van der Waals surface area contributed by atoms with Gasteiger partial charge in [0.25, 0.3) is 5.91 Å². The Labute approximate surface area is 211 Å². The van der Waals surface area contributed by atoms with Gasteiger partial charge in [0, 0.05) is 44.7 Å². The number of rotatable bonds is 7. The largest absolute Gasteiger partial charge is 0.488 e. The summed E-state index contributed by atoms with van der Waals surface area (Å²) in [6, 6.07) is 4.66. The molecule has 1 aromatic carbocycles. The minimum Gasteiger partial charge on any atom is -0.488 e. The maximum Gasteiger partial charge on any atom is 0.273 e. The van der Waals surface area contributed by atoms with Gasteiger partial charge < -0.3 is 24.8 Å². The van der Waals surface area contributed by atoms with Gasteiger partial charge in [0.1, 0.15) is 11.5 Å². The van der Waals surface area contributed by atoms with Crippen molar-refractivity contribution >= 4 is 23.6 Å². The third kappa shape index (κ3) is 5.22. The molecular formula is C26H35FN6O3. The number of anilines is 2. The molecule has 9 nitrogen and oxygen atoms in total. The van der Waals surface area contributed by atoms with Gasteiger partial charge >= 0.3 is 0 Å². The number of aromatic nitrogens is 2. The lowest BCUT2D eigenvalue weighted by molar-refractivity contribution is -0.129. The van der Waals surface area contributed by atoms with E-state index in [1.807, 2.05) is 45.6 Å². The number of amides is 2. The quantitative estimate of drug-likeness (QED) is 0.624. The molecule has 1 fully saturated rings. The number of nitrogens with zero attached hydrogens (tertiary/aromatic N) is 5. The van der Waals surface area contributed by atoms with E-state index in [2.05, 4.69) is 10.3 Å². The van der Waals surface area contributed by atoms with Gasteiger partial charge in [0.05, 0.1) is 18.7 Å². The molecule has 194 valence electrons. The molecule has 1 aromatic heterocycles. The lowest BCUT2D eigenvalue weighted by Gasteiger charge is -2.34. The molecule has 0 unspecified atom stereocenters. The fraction of sp³-hybridized carbons (Fsp3) is 0.538. The summed E-state index contributed by atoms with van der Waals surface area (Å²) in [6.07, 6.45) is -0.123. The van der Waals surface area contributed by atoms with Crippen LogP contribution in [0.5, 0.6) is 5.75 Å². The van der Waals surface area contributed by atoms with Gasteiger partial charge in [-0.3, -0.25) is 9.59 Å². The van der Waals surface area contributed by atoms with E-state index in [9.17, 15) is 14.0 Å². The minimum atomic E-state index is -0.423. The second-order valence-electron chi connectivity index (χ2n) is 9.94. The Hall–Kier alpha value is -3.43. The molecule has 2 aliphatic rings. The third-order valence-corrected chi connectivity index (χ3v) is 6.59. The molecule has 2 amide bonds. The Morgan fingerprint density at radius 2 is 1.78 bits per heavy atom. The predicted octanol–water partition coefficient (Wildman–Crippen LogP) is 3.61. The molecule has 0 saturated carbocycles. The van der Waals surface area contributed by atoms with E-state index >= 15 is 0 Å². The fourth-order valence-electron chi connectivity index (χ4n) is 4.50. The van der Waals surface area contributed by atoms with E-state index in [-0.39, 0.29) is 35.8 Å². The van der Waals surface area contributed by atoms with Crippen LogP contribution >= 0.6 is 0 Å². The van der Waals surface area contributed by atoms with Crippen LogP contribution in [0.3, 0.4) is 0 Å². The van der Waals surface area contributed by atoms with E-state index in [1.165, 1.54) is 6.07 Å². The van der Waals surface area contributed by atoms with Gasteiger partial charge in [-0.05, 0) is 52.3 Å². The highest BCUT2D eigenvalue weighted by atomic mass is 19.1. The van der Waals surface area contributed by atoms with Crippen LogP contribution in [-0.2, 0) is 11.3 Å². The van der Waals surface area contributed by atoms with Crippen molar-refractivity contribution in [2.75, 3.05) is 36.4 Å². The van der Waals surface area contributed by atoms with Crippen LogP contribution in [0.15, 0.2) is 18.2 Å². The number of benzene rings is 1. The lowest BCUT2D eigenvalue weighted by atomic mass is 10.1. The molecular weight excluding hydrogens is 463 g/mol. The average Bonchev–Trinajstić information content (AvgIpc) is 3.17. The number of hydrogen-bond donors (Lipinski definition) is 1. The van der Waals surface area contributed by atoms with Crippen LogP contribution in [0.2, 0.25) is 0 Å². The van der Waals surface area contributed by atoms with Crippen molar-refractivity contribution in [3.05, 3.63) is 40.8 Å². The molecule has 0 radical (unpaired) electrons. The van der Waals surface area contributed by atoms with Gasteiger partial charge in [-0.15, -0.1) is 0 Å². The summed E-state index contributed by atoms with van der Waals surface area (Å²) in [6.45, 7) is 13.9. The van der Waals surface area contributed by atoms with Crippen molar-refractivity contribution in [2.45, 2.75) is 66.3 Å². The number of carbonyl (C=O) groups excluding carboxylic acids is 2. The summed E-state index contributed by atoms with van der Waals surface area (Å²) < 4.78 is 20.2. The molecule has 10 heteroatoms. The van der Waals surface area contributed by atoms with Crippen molar-refractivity contribution < 1.29 is 18.7 Å². The summed E-state index contributed by atoms with van der Waals surface area (Å²) in [7, 11) is 0. The van der Waals surface area contributed by atoms with Crippen LogP contribution in [0, 0.1) is 5.82 Å². The minimum absolute atomic E-state index is 0.0159. The van der Waals surface area contributed by atoms with Crippen molar-refractivity contribution in [1.29, 1.82) is 0 Å². The maximum atomic E-state index is 14.7. The lowest BCUT2D eigenvalue weighted by Crippen LogP contribution is -2.48. The number of fused-ring (bicyclic) bond motifs is 1. The van der Waals surface area contributed by atoms with E-state index in [0.29, 0.717) is 50.2 Å². The zero-order chi connectivity index (χ0) is 26.1. The average molecular weight is 499 g/mol. The van der Waals surface area contributed by atoms with Crippen LogP contribution < -0.4 is 15.0 Å². The first-order valence-corrected chi connectivity index (χ1v) is 12.5. The van der Waals surface area contributed by atoms with Gasteiger partial charge in [0.2, 0.25) is 11.9 Å². The molecule has 3 heterocycles. The van der Waals surface area contributed by atoms with Gasteiger partial charge in [-0.2, -0.15) is 4.98 Å². The van der Waals surface area contributed by atoms with Crippen LogP contribution in [0.1, 0.15) is 69.2 Å². The summed E-state index contributed by atoms with van der Waals surface area (Å²) in [5, 5.41) is 3.40. The van der Waals surface area contributed by atoms with Gasteiger partial charge in [-0.1, -0.05) is 6.07 Å². The molecule has 0 bridgehead atoms. The smallest absolute Gasteiger partial charge is 0.273 e. The SMILES string of the molecule is CC(=O)N1CCN(c2nc(N[C@H](C)c3ccc(OC(C)C)c(F)c3)c3c(n2)C(=O)N(C(C)C)C3)CC1. The van der Waals surface area contributed by atoms with E-state index in [4.69, 9.17) is 9.72 Å². The number of hydrogen-bond acceptors (Lipinski definition) is 7. The van der Waals surface area contributed by atoms with E-state index in [0.717, 1.165) is 11.1 Å². The first kappa shape index (κ1) is 25.7. The van der Waals surface area contributed by atoms with Crippen molar-refractivity contribution in [3.8, 4) is 5.75 Å². The summed E-state index contributed by atoms with van der Waals surface area (Å²) in [4.78, 5) is 39.9. The molecule has 1 atom stereocenters. The highest BCUT2D eigenvalue weighted by molar-refractivity contribution is 5.98. The zero-order valence-corrected chi connectivity index (χ0v) is 21.8. The topological polar surface area (TPSA) is 90.9 Å². The first-order valence-electron chi connectivity index (χ1n) is 12.5. The van der Waals surface area contributed by atoms with Crippen LogP contribution in [-0.4, -0.2) is 69.9 Å². The Morgan fingerprint density at radius 3 is 2.36 bits per heavy atom. The Kier molecular flexibility index (Phi) is 7.33. The molecule has 0 aliphatic carbocycles. The number of carbonyl (C=O) groups is 2. The van der Waals surface area contributed by atoms with Crippen LogP contribution in [0.25, 0.3) is 0 Å². The van der Waals surface area contributed by atoms with E-state index in [1.54, 1.807) is 22.8 Å². The molecule has 4 rings (SSSR count). The van der Waals surface area contributed by atoms with Gasteiger partial charge in [-0.25, -0.2) is 9.37 Å². The fourth-order valence-corrected chi connectivity index (χ4v) is 4.50. The first-order chi connectivity index (χ1) is 17.0. The third-order valence-electron chi connectivity index (χ3n) is 6.59. The Balaban J connectivity index is 1.63. The molecule has 1 saturated heterocycles. The van der Waals surface area contributed by atoms with Crippen molar-refractivity contribution in [3.63, 3.8) is 0 Å². The maximum absolute atomic E-state index is 14.7. The molecule has 1 N–H and O–H groups in total. The monoisotopic (exact) mass is 498 g/mol. The summed E-state index contributed by atoms with van der Waals surface area (Å²) in [5.41, 5.74) is 1.87. The number of nitrogens with one attached hydrogen (secondary N) is 1. The molecule has 36 heavy (non-hydrogen) atoms. The highest BCUT2D eigenvalue weighted by Gasteiger charge is 2.35. The molecule has 2 aliphatic heterocycles.